The van der Waals surface area contributed by atoms with Crippen LogP contribution in [0.4, 0.5) is 4.79 Å². The molecule has 0 spiro atoms. The Morgan fingerprint density at radius 1 is 1.53 bits per heavy atom. The van der Waals surface area contributed by atoms with E-state index in [0.29, 0.717) is 6.54 Å². The summed E-state index contributed by atoms with van der Waals surface area (Å²) in [5.41, 5.74) is -0.434. The summed E-state index contributed by atoms with van der Waals surface area (Å²) in [6, 6.07) is -0.241. The molecule has 0 aliphatic carbocycles. The maximum atomic E-state index is 11.4. The average Bonchev–Trinajstić information content (AvgIpc) is 2.41. The van der Waals surface area contributed by atoms with Crippen molar-refractivity contribution in [2.24, 2.45) is 5.92 Å². The van der Waals surface area contributed by atoms with Crippen LogP contribution in [-0.4, -0.2) is 40.4 Å². The molecular formula is C11H21NO3. The molecule has 0 saturated carbocycles. The Morgan fingerprint density at radius 2 is 2.07 bits per heavy atom. The Kier molecular flexibility index (Phi) is 3.12. The van der Waals surface area contributed by atoms with Crippen LogP contribution in [0.1, 0.15) is 34.1 Å². The summed E-state index contributed by atoms with van der Waals surface area (Å²) in [6.07, 6.45) is -0.234. The van der Waals surface area contributed by atoms with Gasteiger partial charge in [-0.3, -0.25) is 4.48 Å². The summed E-state index contributed by atoms with van der Waals surface area (Å²) in [5, 5.41) is 20.8. The molecule has 1 rings (SSSR count). The van der Waals surface area contributed by atoms with Gasteiger partial charge in [-0.25, -0.2) is 0 Å². The van der Waals surface area contributed by atoms with E-state index in [1.165, 1.54) is 0 Å². The van der Waals surface area contributed by atoms with Crippen LogP contribution in [0, 0.1) is 5.92 Å². The Labute approximate surface area is 91.1 Å². The monoisotopic (exact) mass is 215 g/mol. The molecule has 0 bridgehead atoms. The Morgan fingerprint density at radius 3 is 2.33 bits per heavy atom. The zero-order chi connectivity index (χ0) is 11.9. The van der Waals surface area contributed by atoms with Crippen LogP contribution in [-0.2, 0) is 0 Å². The van der Waals surface area contributed by atoms with Crippen molar-refractivity contribution in [2.45, 2.75) is 45.7 Å². The molecule has 1 fully saturated rings. The summed E-state index contributed by atoms with van der Waals surface area (Å²) in [6.45, 7) is 8.14. The number of carbonyl (C=O) groups is 1. The molecule has 1 aliphatic rings. The SMILES string of the molecule is C[C@H]1CC[N+](C(=O)[O-])(C(C)(C)C)[C@@H]1CO. The molecule has 4 nitrogen and oxygen atoms in total. The van der Waals surface area contributed by atoms with E-state index in [1.54, 1.807) is 0 Å². The van der Waals surface area contributed by atoms with Crippen molar-refractivity contribution in [1.29, 1.82) is 0 Å². The van der Waals surface area contributed by atoms with Gasteiger partial charge in [0, 0.05) is 12.3 Å². The first-order chi connectivity index (χ1) is 6.77. The van der Waals surface area contributed by atoms with Gasteiger partial charge in [-0.2, -0.15) is 0 Å². The highest BCUT2D eigenvalue weighted by Gasteiger charge is 2.54. The number of carboxylic acid groups (broad SMARTS) is 1. The lowest BCUT2D eigenvalue weighted by molar-refractivity contribution is -0.932. The molecule has 1 amide bonds. The molecule has 15 heavy (non-hydrogen) atoms. The predicted molar refractivity (Wildman–Crippen MR) is 54.9 cm³/mol. The highest BCUT2D eigenvalue weighted by Crippen LogP contribution is 2.39. The molecule has 1 saturated heterocycles. The summed E-state index contributed by atoms with van der Waals surface area (Å²) < 4.78 is -0.120. The molecule has 1 heterocycles. The number of carbonyl (C=O) groups excluding carboxylic acids is 1. The zero-order valence-electron chi connectivity index (χ0n) is 9.99. The summed E-state index contributed by atoms with van der Waals surface area (Å²) in [4.78, 5) is 11.4. The van der Waals surface area contributed by atoms with Crippen LogP contribution in [0.5, 0.6) is 0 Å². The molecule has 3 atom stereocenters. The van der Waals surface area contributed by atoms with Gasteiger partial charge in [0.1, 0.15) is 6.04 Å². The van der Waals surface area contributed by atoms with Crippen molar-refractivity contribution in [1.82, 2.24) is 0 Å². The second kappa shape index (κ2) is 3.76. The van der Waals surface area contributed by atoms with E-state index < -0.39 is 11.6 Å². The maximum absolute atomic E-state index is 11.4. The molecule has 0 aromatic heterocycles. The molecule has 0 aromatic carbocycles. The normalized spacial score (nSPS) is 36.9. The van der Waals surface area contributed by atoms with Gasteiger partial charge in [-0.15, -0.1) is 0 Å². The van der Waals surface area contributed by atoms with Crippen molar-refractivity contribution in [2.75, 3.05) is 13.2 Å². The number of nitrogens with zero attached hydrogens (tertiary/aromatic N) is 1. The lowest BCUT2D eigenvalue weighted by Crippen LogP contribution is -2.71. The Bertz CT molecular complexity index is 259. The van der Waals surface area contributed by atoms with Gasteiger partial charge in [0.15, 0.2) is 0 Å². The van der Waals surface area contributed by atoms with E-state index in [4.69, 9.17) is 0 Å². The molecular weight excluding hydrogens is 194 g/mol. The van der Waals surface area contributed by atoms with E-state index in [2.05, 4.69) is 0 Å². The highest BCUT2D eigenvalue weighted by molar-refractivity contribution is 5.55. The molecule has 1 aliphatic heterocycles. The second-order valence-electron chi connectivity index (χ2n) is 5.55. The van der Waals surface area contributed by atoms with Gasteiger partial charge in [0.2, 0.25) is 0 Å². The first kappa shape index (κ1) is 12.5. The quantitative estimate of drug-likeness (QED) is 0.642. The van der Waals surface area contributed by atoms with Gasteiger partial charge in [0.05, 0.1) is 18.7 Å². The average molecular weight is 215 g/mol. The van der Waals surface area contributed by atoms with E-state index in [-0.39, 0.29) is 23.0 Å². The fourth-order valence-corrected chi connectivity index (χ4v) is 2.85. The molecule has 1 unspecified atom stereocenters. The van der Waals surface area contributed by atoms with Gasteiger partial charge >= 0.3 is 0 Å². The van der Waals surface area contributed by atoms with Crippen LogP contribution >= 0.6 is 0 Å². The highest BCUT2D eigenvalue weighted by atomic mass is 16.4. The molecule has 1 N–H and O–H groups in total. The number of amides is 1. The first-order valence-corrected chi connectivity index (χ1v) is 5.47. The Hall–Kier alpha value is -0.610. The van der Waals surface area contributed by atoms with Crippen LogP contribution < -0.4 is 5.11 Å². The van der Waals surface area contributed by atoms with Gasteiger partial charge in [-0.05, 0) is 20.8 Å². The minimum atomic E-state index is -1.06. The molecule has 4 heteroatoms. The van der Waals surface area contributed by atoms with Gasteiger partial charge in [-0.1, -0.05) is 6.92 Å². The number of aliphatic hydroxyl groups is 1. The van der Waals surface area contributed by atoms with Crippen LogP contribution in [0.2, 0.25) is 0 Å². The standard InChI is InChI=1S/C11H21NO3/c1-8-5-6-12(10(14)15,9(8)7-13)11(2,3)4/h8-9,13H,5-7H2,1-4H3/t8-,9+,12?/m0/s1. The van der Waals surface area contributed by atoms with Crippen molar-refractivity contribution in [3.63, 3.8) is 0 Å². The molecule has 88 valence electrons. The Balaban J connectivity index is 3.18. The number of likely N-dealkylation sites (tertiary alicyclic amines) is 1. The van der Waals surface area contributed by atoms with Crippen molar-refractivity contribution >= 4 is 6.09 Å². The third kappa shape index (κ3) is 1.66. The van der Waals surface area contributed by atoms with E-state index in [0.717, 1.165) is 6.42 Å². The van der Waals surface area contributed by atoms with Crippen LogP contribution in [0.15, 0.2) is 0 Å². The number of hydrogen-bond donors (Lipinski definition) is 1. The first-order valence-electron chi connectivity index (χ1n) is 5.47. The smallest absolute Gasteiger partial charge is 0.258 e. The number of quaternary nitrogens is 1. The van der Waals surface area contributed by atoms with Crippen molar-refractivity contribution in [3.8, 4) is 0 Å². The fourth-order valence-electron chi connectivity index (χ4n) is 2.85. The summed E-state index contributed by atoms with van der Waals surface area (Å²) >= 11 is 0. The van der Waals surface area contributed by atoms with Crippen molar-refractivity contribution < 1.29 is 19.5 Å². The lowest BCUT2D eigenvalue weighted by atomic mass is 9.97. The maximum Gasteiger partial charge on any atom is 0.258 e. The number of aliphatic hydroxyl groups excluding tert-OH is 1. The third-order valence-corrected chi connectivity index (χ3v) is 3.87. The largest absolute Gasteiger partial charge is 0.498 e. The van der Waals surface area contributed by atoms with E-state index >= 15 is 0 Å². The summed E-state index contributed by atoms with van der Waals surface area (Å²) in [5.74, 6) is 0.229. The topological polar surface area (TPSA) is 60.4 Å². The third-order valence-electron chi connectivity index (χ3n) is 3.87. The molecule has 0 radical (unpaired) electrons. The minimum Gasteiger partial charge on any atom is -0.498 e. The fraction of sp³-hybridized carbons (Fsp3) is 0.909. The molecule has 0 aromatic rings. The van der Waals surface area contributed by atoms with Crippen molar-refractivity contribution in [3.05, 3.63) is 0 Å². The number of rotatable bonds is 1. The van der Waals surface area contributed by atoms with E-state index in [1.807, 2.05) is 27.7 Å². The lowest BCUT2D eigenvalue weighted by Gasteiger charge is -2.49. The van der Waals surface area contributed by atoms with E-state index in [9.17, 15) is 15.0 Å². The van der Waals surface area contributed by atoms with Gasteiger partial charge < -0.3 is 15.0 Å². The zero-order valence-corrected chi connectivity index (χ0v) is 9.99. The number of hydrogen-bond acceptors (Lipinski definition) is 3. The minimum absolute atomic E-state index is 0.0909. The summed E-state index contributed by atoms with van der Waals surface area (Å²) in [7, 11) is 0. The predicted octanol–water partition coefficient (Wildman–Crippen LogP) is 0.346. The van der Waals surface area contributed by atoms with Crippen LogP contribution in [0.3, 0.4) is 0 Å². The second-order valence-corrected chi connectivity index (χ2v) is 5.55. The van der Waals surface area contributed by atoms with Gasteiger partial charge in [0.25, 0.3) is 6.09 Å². The van der Waals surface area contributed by atoms with Crippen LogP contribution in [0.25, 0.3) is 0 Å².